The van der Waals surface area contributed by atoms with Crippen LogP contribution in [-0.4, -0.2) is 5.25 Å². The summed E-state index contributed by atoms with van der Waals surface area (Å²) < 4.78 is 0. The molecule has 0 aromatic rings. The van der Waals surface area contributed by atoms with E-state index in [4.69, 9.17) is 0 Å². The van der Waals surface area contributed by atoms with Crippen LogP contribution in [0.25, 0.3) is 0 Å². The minimum Gasteiger partial charge on any atom is -0.176 e. The molecule has 0 radical (unpaired) electrons. The molecular formula is C11H20S. The van der Waals surface area contributed by atoms with E-state index < -0.39 is 0 Å². The van der Waals surface area contributed by atoms with Crippen LogP contribution in [0.3, 0.4) is 0 Å². The van der Waals surface area contributed by atoms with Gasteiger partial charge in [0.05, 0.1) is 0 Å². The van der Waals surface area contributed by atoms with Crippen LogP contribution >= 0.6 is 12.6 Å². The largest absolute Gasteiger partial charge is 0.176 e. The Morgan fingerprint density at radius 3 is 1.92 bits per heavy atom. The van der Waals surface area contributed by atoms with Gasteiger partial charge >= 0.3 is 0 Å². The van der Waals surface area contributed by atoms with Gasteiger partial charge < -0.3 is 0 Å². The topological polar surface area (TPSA) is 0 Å². The van der Waals surface area contributed by atoms with Gasteiger partial charge in [0.1, 0.15) is 0 Å². The molecule has 2 aliphatic rings. The van der Waals surface area contributed by atoms with Crippen LogP contribution in [0.2, 0.25) is 0 Å². The fraction of sp³-hybridized carbons (Fsp3) is 1.00. The third-order valence-electron chi connectivity index (χ3n) is 3.71. The summed E-state index contributed by atoms with van der Waals surface area (Å²) in [5.74, 6) is 2.19. The van der Waals surface area contributed by atoms with Gasteiger partial charge in [-0.1, -0.05) is 19.3 Å². The SMILES string of the molecule is SC1CCC(CC2CCC2)CC1. The fourth-order valence-electron chi connectivity index (χ4n) is 2.58. The van der Waals surface area contributed by atoms with Crippen molar-refractivity contribution in [2.24, 2.45) is 11.8 Å². The van der Waals surface area contributed by atoms with Crippen molar-refractivity contribution in [2.45, 2.75) is 56.6 Å². The maximum Gasteiger partial charge on any atom is 0.00170 e. The van der Waals surface area contributed by atoms with Crippen LogP contribution in [0.15, 0.2) is 0 Å². The number of rotatable bonds is 2. The van der Waals surface area contributed by atoms with Crippen molar-refractivity contribution in [3.63, 3.8) is 0 Å². The average molecular weight is 184 g/mol. The lowest BCUT2D eigenvalue weighted by Crippen LogP contribution is -2.20. The smallest absolute Gasteiger partial charge is 0.00170 e. The second-order valence-electron chi connectivity index (χ2n) is 4.71. The van der Waals surface area contributed by atoms with E-state index in [0.717, 1.165) is 17.1 Å². The molecule has 0 amide bonds. The van der Waals surface area contributed by atoms with Crippen molar-refractivity contribution < 1.29 is 0 Å². The minimum absolute atomic E-state index is 0.725. The lowest BCUT2D eigenvalue weighted by molar-refractivity contribution is 0.217. The Kier molecular flexibility index (Phi) is 3.00. The minimum atomic E-state index is 0.725. The van der Waals surface area contributed by atoms with Crippen molar-refractivity contribution >= 4 is 12.6 Å². The maximum absolute atomic E-state index is 4.53. The fourth-order valence-corrected chi connectivity index (χ4v) is 2.88. The van der Waals surface area contributed by atoms with Gasteiger partial charge in [0.25, 0.3) is 0 Å². The lowest BCUT2D eigenvalue weighted by atomic mass is 9.75. The van der Waals surface area contributed by atoms with Crippen LogP contribution in [0, 0.1) is 11.8 Å². The highest BCUT2D eigenvalue weighted by atomic mass is 32.1. The van der Waals surface area contributed by atoms with Crippen LogP contribution in [-0.2, 0) is 0 Å². The molecule has 70 valence electrons. The summed E-state index contributed by atoms with van der Waals surface area (Å²) in [5.41, 5.74) is 0. The highest BCUT2D eigenvalue weighted by molar-refractivity contribution is 7.80. The molecule has 0 atom stereocenters. The van der Waals surface area contributed by atoms with Crippen LogP contribution in [0.5, 0.6) is 0 Å². The maximum atomic E-state index is 4.53. The first-order chi connectivity index (χ1) is 5.84. The molecule has 0 aliphatic heterocycles. The summed E-state index contributed by atoms with van der Waals surface area (Å²) in [6.07, 6.45) is 11.8. The molecule has 0 N–H and O–H groups in total. The Hall–Kier alpha value is 0.350. The predicted molar refractivity (Wildman–Crippen MR) is 56.7 cm³/mol. The molecule has 0 bridgehead atoms. The van der Waals surface area contributed by atoms with Gasteiger partial charge in [-0.05, 0) is 43.9 Å². The lowest BCUT2D eigenvalue weighted by Gasteiger charge is -2.32. The van der Waals surface area contributed by atoms with Gasteiger partial charge in [-0.3, -0.25) is 0 Å². The summed E-state index contributed by atoms with van der Waals surface area (Å²) >= 11 is 4.53. The molecule has 0 aromatic carbocycles. The van der Waals surface area contributed by atoms with E-state index in [1.807, 2.05) is 0 Å². The van der Waals surface area contributed by atoms with Gasteiger partial charge in [-0.2, -0.15) is 12.6 Å². The van der Waals surface area contributed by atoms with Crippen molar-refractivity contribution in [3.05, 3.63) is 0 Å². The van der Waals surface area contributed by atoms with E-state index in [-0.39, 0.29) is 0 Å². The molecule has 0 heterocycles. The first-order valence-corrected chi connectivity index (χ1v) is 6.04. The third kappa shape index (κ3) is 2.18. The van der Waals surface area contributed by atoms with E-state index in [9.17, 15) is 0 Å². The molecule has 0 unspecified atom stereocenters. The molecule has 2 fully saturated rings. The summed E-state index contributed by atoms with van der Waals surface area (Å²) in [7, 11) is 0. The second kappa shape index (κ2) is 4.04. The Morgan fingerprint density at radius 1 is 0.833 bits per heavy atom. The van der Waals surface area contributed by atoms with E-state index in [2.05, 4.69) is 12.6 Å². The van der Waals surface area contributed by atoms with Crippen LogP contribution < -0.4 is 0 Å². The van der Waals surface area contributed by atoms with Crippen molar-refractivity contribution in [1.29, 1.82) is 0 Å². The Labute approximate surface area is 81.5 Å². The van der Waals surface area contributed by atoms with Crippen molar-refractivity contribution in [2.75, 3.05) is 0 Å². The Balaban J connectivity index is 1.67. The van der Waals surface area contributed by atoms with Crippen LogP contribution in [0.1, 0.15) is 51.4 Å². The summed E-state index contributed by atoms with van der Waals surface area (Å²) in [6, 6.07) is 0. The third-order valence-corrected chi connectivity index (χ3v) is 4.22. The van der Waals surface area contributed by atoms with E-state index >= 15 is 0 Å². The number of thiol groups is 1. The molecular weight excluding hydrogens is 164 g/mol. The van der Waals surface area contributed by atoms with Crippen molar-refractivity contribution in [3.8, 4) is 0 Å². The highest BCUT2D eigenvalue weighted by Gasteiger charge is 2.24. The first kappa shape index (κ1) is 8.93. The normalized spacial score (nSPS) is 37.8. The summed E-state index contributed by atoms with van der Waals surface area (Å²) in [5, 5.41) is 0.725. The highest BCUT2D eigenvalue weighted by Crippen LogP contribution is 2.38. The molecule has 1 heteroatoms. The Bertz CT molecular complexity index is 132. The number of hydrogen-bond donors (Lipinski definition) is 1. The molecule has 0 saturated heterocycles. The molecule has 2 saturated carbocycles. The standard InChI is InChI=1S/C11H20S/c12-11-6-4-10(5-7-11)8-9-2-1-3-9/h9-12H,1-8H2. The van der Waals surface area contributed by atoms with E-state index in [1.54, 1.807) is 6.42 Å². The van der Waals surface area contributed by atoms with Gasteiger partial charge in [-0.25, -0.2) is 0 Å². The van der Waals surface area contributed by atoms with E-state index in [1.165, 1.54) is 44.9 Å². The molecule has 2 aliphatic carbocycles. The van der Waals surface area contributed by atoms with E-state index in [0.29, 0.717) is 0 Å². The number of hydrogen-bond acceptors (Lipinski definition) is 1. The predicted octanol–water partition coefficient (Wildman–Crippen LogP) is 3.67. The molecule has 2 rings (SSSR count). The first-order valence-electron chi connectivity index (χ1n) is 5.52. The molecule has 0 aromatic heterocycles. The van der Waals surface area contributed by atoms with Gasteiger partial charge in [-0.15, -0.1) is 0 Å². The summed E-state index contributed by atoms with van der Waals surface area (Å²) in [6.45, 7) is 0. The molecule has 12 heavy (non-hydrogen) atoms. The quantitative estimate of drug-likeness (QED) is 0.622. The molecule has 0 nitrogen and oxygen atoms in total. The zero-order valence-electron chi connectivity index (χ0n) is 7.84. The van der Waals surface area contributed by atoms with Gasteiger partial charge in [0.15, 0.2) is 0 Å². The van der Waals surface area contributed by atoms with Gasteiger partial charge in [0, 0.05) is 5.25 Å². The second-order valence-corrected chi connectivity index (χ2v) is 5.44. The zero-order chi connectivity index (χ0) is 8.39. The molecule has 0 spiro atoms. The Morgan fingerprint density at radius 2 is 1.42 bits per heavy atom. The van der Waals surface area contributed by atoms with Crippen LogP contribution in [0.4, 0.5) is 0 Å². The van der Waals surface area contributed by atoms with Gasteiger partial charge in [0.2, 0.25) is 0 Å². The van der Waals surface area contributed by atoms with Crippen molar-refractivity contribution in [1.82, 2.24) is 0 Å². The monoisotopic (exact) mass is 184 g/mol. The average Bonchev–Trinajstić information content (AvgIpc) is 2.00. The summed E-state index contributed by atoms with van der Waals surface area (Å²) in [4.78, 5) is 0. The zero-order valence-corrected chi connectivity index (χ0v) is 8.73.